The van der Waals surface area contributed by atoms with Gasteiger partial charge in [0.2, 0.25) is 0 Å². The molecule has 0 saturated carbocycles. The third kappa shape index (κ3) is 6.74. The smallest absolute Gasteiger partial charge is 0.461 e. The Kier molecular flexibility index (Phi) is 8.08. The van der Waals surface area contributed by atoms with Gasteiger partial charge in [0.25, 0.3) is 0 Å². The molecule has 0 fully saturated rings. The average Bonchev–Trinajstić information content (AvgIpc) is 3.37. The van der Waals surface area contributed by atoms with Gasteiger partial charge in [-0.15, -0.1) is 13.2 Å². The first-order valence-corrected chi connectivity index (χ1v) is 12.8. The summed E-state index contributed by atoms with van der Waals surface area (Å²) < 4.78 is 76.1. The highest BCUT2D eigenvalue weighted by Crippen LogP contribution is 2.39. The first-order valence-electron chi connectivity index (χ1n) is 12.5. The van der Waals surface area contributed by atoms with E-state index in [0.29, 0.717) is 21.7 Å². The molecule has 0 saturated heterocycles. The minimum absolute atomic E-state index is 0.0183. The summed E-state index contributed by atoms with van der Waals surface area (Å²) in [4.78, 5) is 17.8. The minimum Gasteiger partial charge on any atom is -0.461 e. The molecule has 4 aromatic rings. The van der Waals surface area contributed by atoms with Crippen molar-refractivity contribution in [3.05, 3.63) is 124 Å². The van der Waals surface area contributed by atoms with Gasteiger partial charge >= 0.3 is 12.3 Å². The summed E-state index contributed by atoms with van der Waals surface area (Å²) in [7, 11) is 0. The Morgan fingerprint density at radius 2 is 1.44 bits per heavy atom. The third-order valence-electron chi connectivity index (χ3n) is 6.61. The number of carbonyl (C=O) groups excluding carboxylic acids is 1. The molecule has 1 heterocycles. The summed E-state index contributed by atoms with van der Waals surface area (Å²) >= 11 is 5.91. The highest BCUT2D eigenvalue weighted by atomic mass is 35.5. The zero-order chi connectivity index (χ0) is 29.1. The van der Waals surface area contributed by atoms with Crippen LogP contribution in [0, 0.1) is 17.6 Å². The van der Waals surface area contributed by atoms with Crippen LogP contribution < -0.4 is 4.74 Å². The maximum absolute atomic E-state index is 14.6. The van der Waals surface area contributed by atoms with Crippen LogP contribution in [0.5, 0.6) is 5.75 Å². The number of benzene rings is 4. The number of nitrogens with zero attached hydrogens (tertiary/aromatic N) is 1. The van der Waals surface area contributed by atoms with Crippen molar-refractivity contribution in [2.45, 2.75) is 25.4 Å². The van der Waals surface area contributed by atoms with E-state index >= 15 is 0 Å². The average molecular weight is 586 g/mol. The Balaban J connectivity index is 1.40. The Hall–Kier alpha value is -4.24. The Labute approximate surface area is 237 Å². The second-order valence-electron chi connectivity index (χ2n) is 9.36. The summed E-state index contributed by atoms with van der Waals surface area (Å²) in [6.07, 6.45) is -4.83. The highest BCUT2D eigenvalue weighted by Gasteiger charge is 2.39. The monoisotopic (exact) mass is 585 g/mol. The van der Waals surface area contributed by atoms with E-state index < -0.39 is 35.9 Å². The second-order valence-corrected chi connectivity index (χ2v) is 9.79. The molecular weight excluding hydrogens is 565 g/mol. The van der Waals surface area contributed by atoms with Crippen molar-refractivity contribution in [2.75, 3.05) is 0 Å². The molecule has 0 unspecified atom stereocenters. The van der Waals surface area contributed by atoms with E-state index in [-0.39, 0.29) is 30.1 Å². The molecule has 0 N–H and O–H groups in total. The summed E-state index contributed by atoms with van der Waals surface area (Å²) in [6.45, 7) is -0.0183. The van der Waals surface area contributed by atoms with Crippen molar-refractivity contribution in [2.24, 2.45) is 10.9 Å². The first-order chi connectivity index (χ1) is 19.6. The molecule has 41 heavy (non-hydrogen) atoms. The van der Waals surface area contributed by atoms with E-state index in [4.69, 9.17) is 16.3 Å². The fourth-order valence-corrected chi connectivity index (χ4v) is 4.78. The normalized spacial score (nSPS) is 16.8. The van der Waals surface area contributed by atoms with Gasteiger partial charge in [0.05, 0.1) is 17.5 Å². The van der Waals surface area contributed by atoms with E-state index in [1.54, 1.807) is 48.5 Å². The van der Waals surface area contributed by atoms with E-state index in [1.807, 2.05) is 0 Å². The van der Waals surface area contributed by atoms with Gasteiger partial charge in [-0.1, -0.05) is 66.2 Å². The Morgan fingerprint density at radius 3 is 2.02 bits per heavy atom. The molecule has 210 valence electrons. The number of ether oxygens (including phenoxy) is 2. The summed E-state index contributed by atoms with van der Waals surface area (Å²) in [5, 5.41) is 0.537. The number of rotatable bonds is 7. The zero-order valence-corrected chi connectivity index (χ0v) is 21.9. The molecule has 0 radical (unpaired) electrons. The maximum atomic E-state index is 14.6. The van der Waals surface area contributed by atoms with Gasteiger partial charge < -0.3 is 9.47 Å². The number of hydrogen-bond acceptors (Lipinski definition) is 4. The lowest BCUT2D eigenvalue weighted by Gasteiger charge is -2.18. The van der Waals surface area contributed by atoms with Crippen LogP contribution in [-0.4, -0.2) is 18.0 Å². The summed E-state index contributed by atoms with van der Waals surface area (Å²) in [5.74, 6) is -3.34. The van der Waals surface area contributed by atoms with Gasteiger partial charge in [0.15, 0.2) is 0 Å². The van der Waals surface area contributed by atoms with Crippen LogP contribution in [0.4, 0.5) is 22.0 Å². The number of carbonyl (C=O) groups is 1. The summed E-state index contributed by atoms with van der Waals surface area (Å²) in [5.41, 5.74) is 2.47. The van der Waals surface area contributed by atoms with Crippen LogP contribution in [-0.2, 0) is 16.1 Å². The molecule has 0 spiro atoms. The number of esters is 1. The number of hydrogen-bond donors (Lipinski definition) is 0. The van der Waals surface area contributed by atoms with Crippen LogP contribution in [0.25, 0.3) is 11.1 Å². The highest BCUT2D eigenvalue weighted by molar-refractivity contribution is 6.30. The second kappa shape index (κ2) is 11.7. The van der Waals surface area contributed by atoms with E-state index in [2.05, 4.69) is 9.73 Å². The van der Waals surface area contributed by atoms with Crippen molar-refractivity contribution in [3.8, 4) is 16.9 Å². The SMILES string of the molecule is O=C(OCc1ccc(Cl)cc1)[C@H]1CC(c2c(F)cccc2F)=N[C@H]1c1ccc(-c2ccc(OC(F)(F)F)cc2)cc1. The number of aliphatic imine (C=N–C) groups is 1. The van der Waals surface area contributed by atoms with Gasteiger partial charge in [-0.05, 0) is 58.7 Å². The Bertz CT molecular complexity index is 1550. The van der Waals surface area contributed by atoms with Crippen molar-refractivity contribution >= 4 is 23.3 Å². The van der Waals surface area contributed by atoms with Crippen molar-refractivity contribution in [1.29, 1.82) is 0 Å². The van der Waals surface area contributed by atoms with Gasteiger partial charge in [-0.3, -0.25) is 9.79 Å². The first kappa shape index (κ1) is 28.3. The van der Waals surface area contributed by atoms with Crippen LogP contribution in [0.2, 0.25) is 5.02 Å². The van der Waals surface area contributed by atoms with Gasteiger partial charge in [-0.2, -0.15) is 0 Å². The van der Waals surface area contributed by atoms with Crippen LogP contribution in [0.1, 0.15) is 29.2 Å². The predicted octanol–water partition coefficient (Wildman–Crippen LogP) is 8.48. The zero-order valence-electron chi connectivity index (χ0n) is 21.2. The van der Waals surface area contributed by atoms with Crippen LogP contribution in [0.15, 0.2) is 96.0 Å². The minimum atomic E-state index is -4.79. The molecule has 1 aliphatic heterocycles. The summed E-state index contributed by atoms with van der Waals surface area (Å²) in [6, 6.07) is 21.8. The molecule has 0 aromatic heterocycles. The molecule has 4 nitrogen and oxygen atoms in total. The van der Waals surface area contributed by atoms with E-state index in [9.17, 15) is 26.7 Å². The molecule has 0 bridgehead atoms. The molecule has 0 aliphatic carbocycles. The standard InChI is InChI=1S/C31H21ClF5NO3/c32-22-12-4-18(5-13-22)17-40-30(39)24-16-27(28-25(33)2-1-3-26(28)34)38-29(24)21-8-6-19(7-9-21)20-10-14-23(15-11-20)41-31(35,36)37/h1-15,24,29H,16-17H2/t24-,29-/m0/s1. The molecular formula is C31H21ClF5NO3. The molecule has 10 heteroatoms. The fraction of sp³-hybridized carbons (Fsp3) is 0.161. The lowest BCUT2D eigenvalue weighted by atomic mass is 9.90. The number of alkyl halides is 3. The van der Waals surface area contributed by atoms with E-state index in [0.717, 1.165) is 17.7 Å². The quantitative estimate of drug-likeness (QED) is 0.161. The lowest BCUT2D eigenvalue weighted by molar-refractivity contribution is -0.274. The number of halogens is 6. The molecule has 2 atom stereocenters. The van der Waals surface area contributed by atoms with Crippen molar-refractivity contribution in [3.63, 3.8) is 0 Å². The largest absolute Gasteiger partial charge is 0.573 e. The predicted molar refractivity (Wildman–Crippen MR) is 144 cm³/mol. The van der Waals surface area contributed by atoms with Gasteiger partial charge in [-0.25, -0.2) is 8.78 Å². The fourth-order valence-electron chi connectivity index (χ4n) is 4.65. The topological polar surface area (TPSA) is 47.9 Å². The molecule has 0 amide bonds. The van der Waals surface area contributed by atoms with Gasteiger partial charge in [0.1, 0.15) is 24.0 Å². The van der Waals surface area contributed by atoms with Crippen molar-refractivity contribution < 1.29 is 36.2 Å². The van der Waals surface area contributed by atoms with Crippen molar-refractivity contribution in [1.82, 2.24) is 0 Å². The van der Waals surface area contributed by atoms with Gasteiger partial charge in [0, 0.05) is 17.2 Å². The third-order valence-corrected chi connectivity index (χ3v) is 6.86. The Morgan fingerprint density at radius 1 is 0.854 bits per heavy atom. The lowest BCUT2D eigenvalue weighted by Crippen LogP contribution is -2.22. The molecule has 1 aliphatic rings. The molecule has 5 rings (SSSR count). The van der Waals surface area contributed by atoms with Crippen LogP contribution >= 0.6 is 11.6 Å². The van der Waals surface area contributed by atoms with E-state index in [1.165, 1.54) is 30.3 Å². The molecule has 4 aromatic carbocycles. The van der Waals surface area contributed by atoms with Crippen LogP contribution in [0.3, 0.4) is 0 Å². The maximum Gasteiger partial charge on any atom is 0.573 e.